The van der Waals surface area contributed by atoms with E-state index in [0.717, 1.165) is 10.9 Å². The summed E-state index contributed by atoms with van der Waals surface area (Å²) in [5.74, 6) is -0.120. The van der Waals surface area contributed by atoms with Crippen LogP contribution in [-0.2, 0) is 16.1 Å². The van der Waals surface area contributed by atoms with Crippen LogP contribution in [0.15, 0.2) is 90.6 Å². The average Bonchev–Trinajstić information content (AvgIpc) is 3.20. The number of carbonyl (C=O) groups excluding carboxylic acids is 2. The van der Waals surface area contributed by atoms with E-state index in [2.05, 4.69) is 10.6 Å². The van der Waals surface area contributed by atoms with Crippen LogP contribution in [0, 0.1) is 11.3 Å². The molecule has 0 unspecified atom stereocenters. The van der Waals surface area contributed by atoms with Crippen LogP contribution in [0.4, 0.5) is 11.4 Å². The van der Waals surface area contributed by atoms with Gasteiger partial charge in [-0.2, -0.15) is 5.26 Å². The lowest BCUT2D eigenvalue weighted by Crippen LogP contribution is -2.18. The lowest BCUT2D eigenvalue weighted by Gasteiger charge is -2.07. The number of hydrogen-bond donors (Lipinski definition) is 2. The van der Waals surface area contributed by atoms with Gasteiger partial charge >= 0.3 is 0 Å². The summed E-state index contributed by atoms with van der Waals surface area (Å²) in [7, 11) is 1.54. The predicted molar refractivity (Wildman–Crippen MR) is 132 cm³/mol. The molecule has 0 aliphatic carbocycles. The molecule has 2 N–H and O–H groups in total. The summed E-state index contributed by atoms with van der Waals surface area (Å²) in [6.07, 6.45) is 3.30. The van der Waals surface area contributed by atoms with Crippen LogP contribution >= 0.6 is 0 Å². The van der Waals surface area contributed by atoms with E-state index in [1.54, 1.807) is 35.0 Å². The Bertz CT molecular complexity index is 1410. The number of carbonyl (C=O) groups is 2. The molecule has 4 rings (SSSR count). The summed E-state index contributed by atoms with van der Waals surface area (Å²) in [4.78, 5) is 25.4. The van der Waals surface area contributed by atoms with E-state index in [1.165, 1.54) is 13.2 Å². The Hall–Kier alpha value is -4.83. The lowest BCUT2D eigenvalue weighted by molar-refractivity contribution is -0.116. The number of ether oxygens (including phenoxy) is 1. The fraction of sp³-hybridized carbons (Fsp3) is 0.0741. The Kier molecular flexibility index (Phi) is 6.70. The van der Waals surface area contributed by atoms with Gasteiger partial charge in [-0.05, 0) is 36.4 Å². The third kappa shape index (κ3) is 5.14. The summed E-state index contributed by atoms with van der Waals surface area (Å²) in [6, 6.07) is 25.6. The molecule has 7 nitrogen and oxygen atoms in total. The minimum atomic E-state index is -0.533. The quantitative estimate of drug-likeness (QED) is 0.311. The van der Waals surface area contributed by atoms with Crippen molar-refractivity contribution in [2.24, 2.45) is 0 Å². The number of para-hydroxylation sites is 2. The van der Waals surface area contributed by atoms with Gasteiger partial charge in [0.1, 0.15) is 23.9 Å². The number of nitrogens with zero attached hydrogens (tertiary/aromatic N) is 2. The second-order valence-corrected chi connectivity index (χ2v) is 7.50. The summed E-state index contributed by atoms with van der Waals surface area (Å²) in [5, 5.41) is 16.1. The lowest BCUT2D eigenvalue weighted by atomic mass is 10.1. The number of benzene rings is 3. The molecular weight excluding hydrogens is 428 g/mol. The van der Waals surface area contributed by atoms with Crippen LogP contribution in [0.1, 0.15) is 5.56 Å². The summed E-state index contributed by atoms with van der Waals surface area (Å²) < 4.78 is 6.97. The number of nitrogens with one attached hydrogen (secondary N) is 2. The second kappa shape index (κ2) is 10.2. The van der Waals surface area contributed by atoms with Crippen molar-refractivity contribution < 1.29 is 14.3 Å². The Morgan fingerprint density at radius 2 is 1.71 bits per heavy atom. The van der Waals surface area contributed by atoms with Gasteiger partial charge in [0.2, 0.25) is 5.91 Å². The van der Waals surface area contributed by atoms with Crippen LogP contribution < -0.4 is 15.4 Å². The largest absolute Gasteiger partial charge is 0.497 e. The van der Waals surface area contributed by atoms with Crippen molar-refractivity contribution in [3.8, 4) is 11.8 Å². The molecule has 0 radical (unpaired) electrons. The zero-order valence-electron chi connectivity index (χ0n) is 18.5. The number of rotatable bonds is 7. The van der Waals surface area contributed by atoms with Gasteiger partial charge in [-0.1, -0.05) is 42.5 Å². The summed E-state index contributed by atoms with van der Waals surface area (Å²) >= 11 is 0. The Morgan fingerprint density at radius 1 is 0.971 bits per heavy atom. The highest BCUT2D eigenvalue weighted by atomic mass is 16.5. The van der Waals surface area contributed by atoms with Crippen molar-refractivity contribution in [3.63, 3.8) is 0 Å². The fourth-order valence-corrected chi connectivity index (χ4v) is 3.60. The van der Waals surface area contributed by atoms with Gasteiger partial charge in [-0.15, -0.1) is 0 Å². The van der Waals surface area contributed by atoms with Gasteiger partial charge in [0.25, 0.3) is 5.91 Å². The maximum Gasteiger partial charge on any atom is 0.266 e. The number of amides is 2. The van der Waals surface area contributed by atoms with E-state index in [0.29, 0.717) is 22.7 Å². The molecule has 0 fully saturated rings. The number of nitriles is 1. The number of fused-ring (bicyclic) bond motifs is 1. The zero-order valence-corrected chi connectivity index (χ0v) is 18.5. The molecule has 0 saturated carbocycles. The van der Waals surface area contributed by atoms with Crippen LogP contribution in [0.25, 0.3) is 17.0 Å². The van der Waals surface area contributed by atoms with E-state index >= 15 is 0 Å². The first kappa shape index (κ1) is 22.4. The Labute approximate surface area is 196 Å². The molecule has 0 aliphatic heterocycles. The first-order valence-electron chi connectivity index (χ1n) is 10.6. The Balaban J connectivity index is 1.59. The van der Waals surface area contributed by atoms with Gasteiger partial charge in [0.15, 0.2) is 0 Å². The first-order chi connectivity index (χ1) is 16.6. The monoisotopic (exact) mass is 450 g/mol. The molecule has 1 aromatic heterocycles. The van der Waals surface area contributed by atoms with E-state index in [9.17, 15) is 14.9 Å². The molecule has 0 aliphatic rings. The molecule has 1 heterocycles. The van der Waals surface area contributed by atoms with E-state index in [4.69, 9.17) is 4.74 Å². The molecule has 2 amide bonds. The fourth-order valence-electron chi connectivity index (χ4n) is 3.60. The van der Waals surface area contributed by atoms with Crippen LogP contribution in [0.3, 0.4) is 0 Å². The first-order valence-corrected chi connectivity index (χ1v) is 10.6. The molecule has 4 aromatic rings. The van der Waals surface area contributed by atoms with Gasteiger partial charge in [0.05, 0.1) is 7.11 Å². The van der Waals surface area contributed by atoms with Gasteiger partial charge < -0.3 is 19.9 Å². The minimum absolute atomic E-state index is 0.0561. The number of methoxy groups -OCH3 is 1. The number of anilines is 2. The van der Waals surface area contributed by atoms with Crippen LogP contribution in [0.5, 0.6) is 5.75 Å². The highest BCUT2D eigenvalue weighted by Gasteiger charge is 2.14. The van der Waals surface area contributed by atoms with E-state index < -0.39 is 5.91 Å². The topological polar surface area (TPSA) is 96.2 Å². The smallest absolute Gasteiger partial charge is 0.266 e. The molecular formula is C27H22N4O3. The second-order valence-electron chi connectivity index (χ2n) is 7.50. The van der Waals surface area contributed by atoms with Crippen molar-refractivity contribution >= 4 is 40.2 Å². The van der Waals surface area contributed by atoms with E-state index in [-0.39, 0.29) is 18.0 Å². The van der Waals surface area contributed by atoms with Crippen molar-refractivity contribution in [1.82, 2.24) is 4.57 Å². The molecule has 0 atom stereocenters. The highest BCUT2D eigenvalue weighted by molar-refractivity contribution is 6.11. The van der Waals surface area contributed by atoms with Crippen molar-refractivity contribution in [1.29, 1.82) is 5.26 Å². The molecule has 7 heteroatoms. The zero-order chi connectivity index (χ0) is 23.9. The number of aromatic nitrogens is 1. The summed E-state index contributed by atoms with van der Waals surface area (Å²) in [6.45, 7) is 0.0845. The van der Waals surface area contributed by atoms with Gasteiger partial charge in [-0.25, -0.2) is 0 Å². The van der Waals surface area contributed by atoms with Crippen molar-refractivity contribution in [3.05, 3.63) is 96.2 Å². The predicted octanol–water partition coefficient (Wildman–Crippen LogP) is 4.83. The molecule has 3 aromatic carbocycles. The van der Waals surface area contributed by atoms with Gasteiger partial charge in [0, 0.05) is 40.1 Å². The maximum atomic E-state index is 12.8. The molecule has 0 saturated heterocycles. The number of hydrogen-bond acceptors (Lipinski definition) is 4. The van der Waals surface area contributed by atoms with Crippen molar-refractivity contribution in [2.75, 3.05) is 17.7 Å². The van der Waals surface area contributed by atoms with Gasteiger partial charge in [-0.3, -0.25) is 9.59 Å². The molecule has 34 heavy (non-hydrogen) atoms. The normalized spacial score (nSPS) is 11.0. The molecule has 0 bridgehead atoms. The maximum absolute atomic E-state index is 12.8. The van der Waals surface area contributed by atoms with Crippen LogP contribution in [-0.4, -0.2) is 23.5 Å². The SMILES string of the molecule is COc1cccc(NC(=O)/C(C#N)=C/c2cn(CC(=O)Nc3ccccc3)c3ccccc23)c1. The summed E-state index contributed by atoms with van der Waals surface area (Å²) in [5.41, 5.74) is 2.66. The van der Waals surface area contributed by atoms with Crippen molar-refractivity contribution in [2.45, 2.75) is 6.54 Å². The molecule has 0 spiro atoms. The van der Waals surface area contributed by atoms with E-state index in [1.807, 2.05) is 60.7 Å². The highest BCUT2D eigenvalue weighted by Crippen LogP contribution is 2.24. The Morgan fingerprint density at radius 3 is 2.47 bits per heavy atom. The average molecular weight is 450 g/mol. The van der Waals surface area contributed by atoms with Crippen LogP contribution in [0.2, 0.25) is 0 Å². The third-order valence-electron chi connectivity index (χ3n) is 5.18. The minimum Gasteiger partial charge on any atom is -0.497 e. The molecule has 168 valence electrons. The standard InChI is InChI=1S/C27H22N4O3/c1-34-23-11-7-10-22(15-23)30-27(33)19(16-28)14-20-17-31(25-13-6-5-12-24(20)25)18-26(32)29-21-8-3-2-4-9-21/h2-15,17H,18H2,1H3,(H,29,32)(H,30,33)/b19-14+. The third-order valence-corrected chi connectivity index (χ3v) is 5.18.